The summed E-state index contributed by atoms with van der Waals surface area (Å²) in [6, 6.07) is 21.6. The van der Waals surface area contributed by atoms with Crippen LogP contribution in [0.2, 0.25) is 0 Å². The van der Waals surface area contributed by atoms with Gasteiger partial charge in [-0.2, -0.15) is 0 Å². The van der Waals surface area contributed by atoms with Gasteiger partial charge >= 0.3 is 11.9 Å². The van der Waals surface area contributed by atoms with Crippen molar-refractivity contribution in [2.75, 3.05) is 13.2 Å². The number of benzene rings is 3. The average Bonchev–Trinajstić information content (AvgIpc) is 2.84. The summed E-state index contributed by atoms with van der Waals surface area (Å²) in [7, 11) is 0. The van der Waals surface area contributed by atoms with Gasteiger partial charge in [0.05, 0.1) is 18.8 Å². The first-order chi connectivity index (χ1) is 16.1. The molecule has 0 N–H and O–H groups in total. The first kappa shape index (κ1) is 24.5. The van der Waals surface area contributed by atoms with Crippen molar-refractivity contribution in [1.82, 2.24) is 0 Å². The lowest BCUT2D eigenvalue weighted by atomic mass is 10.1. The first-order valence-corrected chi connectivity index (χ1v) is 11.8. The Kier molecular flexibility index (Phi) is 9.51. The minimum atomic E-state index is -0.529. The van der Waals surface area contributed by atoms with Gasteiger partial charge in [0.25, 0.3) is 0 Å². The van der Waals surface area contributed by atoms with E-state index in [0.29, 0.717) is 35.8 Å². The smallest absolute Gasteiger partial charge is 0.347 e. The minimum Gasteiger partial charge on any atom is -0.493 e. The van der Waals surface area contributed by atoms with E-state index < -0.39 is 11.9 Å². The highest BCUT2D eigenvalue weighted by Crippen LogP contribution is 2.25. The fourth-order valence-electron chi connectivity index (χ4n) is 3.10. The molecule has 0 fully saturated rings. The molecule has 0 aliphatic heterocycles. The fraction of sp³-hybridized carbons (Fsp3) is 0.259. The van der Waals surface area contributed by atoms with Gasteiger partial charge in [-0.1, -0.05) is 59.6 Å². The number of carbonyl (C=O) groups is 2. The van der Waals surface area contributed by atoms with Crippen LogP contribution in [-0.2, 0) is 11.2 Å². The molecular weight excluding hydrogens is 484 g/mol. The predicted molar refractivity (Wildman–Crippen MR) is 131 cm³/mol. The molecule has 5 nitrogen and oxygen atoms in total. The molecule has 172 valence electrons. The summed E-state index contributed by atoms with van der Waals surface area (Å²) in [5, 5.41) is 0. The third-order valence-corrected chi connectivity index (χ3v) is 5.40. The number of ether oxygens (including phenoxy) is 3. The largest absolute Gasteiger partial charge is 0.493 e. The van der Waals surface area contributed by atoms with Crippen molar-refractivity contribution in [1.29, 1.82) is 0 Å². The standard InChI is InChI=1S/C27H27BrO5/c1-2-3-17-31-25-16-13-22(28)19-24(25)27(30)33-23-14-11-21(12-15-23)26(29)32-18-7-10-20-8-5-4-6-9-20/h4-6,8-9,11-16,19H,2-3,7,10,17-18H2,1H3. The molecule has 0 aliphatic rings. The Labute approximate surface area is 202 Å². The van der Waals surface area contributed by atoms with Crippen molar-refractivity contribution in [2.45, 2.75) is 32.6 Å². The van der Waals surface area contributed by atoms with E-state index in [-0.39, 0.29) is 0 Å². The molecule has 6 heteroatoms. The van der Waals surface area contributed by atoms with Gasteiger partial charge in [-0.05, 0) is 67.3 Å². The summed E-state index contributed by atoms with van der Waals surface area (Å²) in [6.07, 6.45) is 3.50. The molecule has 3 aromatic carbocycles. The van der Waals surface area contributed by atoms with Crippen molar-refractivity contribution in [3.63, 3.8) is 0 Å². The van der Waals surface area contributed by atoms with Gasteiger partial charge in [-0.15, -0.1) is 0 Å². The average molecular weight is 511 g/mol. The molecule has 0 radical (unpaired) electrons. The molecule has 0 amide bonds. The van der Waals surface area contributed by atoms with Crippen LogP contribution in [0.1, 0.15) is 52.5 Å². The summed E-state index contributed by atoms with van der Waals surface area (Å²) < 4.78 is 17.3. The lowest BCUT2D eigenvalue weighted by Crippen LogP contribution is -2.12. The lowest BCUT2D eigenvalue weighted by Gasteiger charge is -2.12. The number of hydrogen-bond acceptors (Lipinski definition) is 5. The Bertz CT molecular complexity index is 1050. The predicted octanol–water partition coefficient (Wildman–Crippen LogP) is 6.64. The highest BCUT2D eigenvalue weighted by atomic mass is 79.9. The molecule has 0 spiro atoms. The number of aryl methyl sites for hydroxylation is 1. The van der Waals surface area contributed by atoms with E-state index in [1.54, 1.807) is 36.4 Å². The monoisotopic (exact) mass is 510 g/mol. The molecule has 0 unspecified atom stereocenters. The summed E-state index contributed by atoms with van der Waals surface area (Å²) in [6.45, 7) is 2.94. The van der Waals surface area contributed by atoms with E-state index in [1.165, 1.54) is 5.56 Å². The Balaban J connectivity index is 1.53. The van der Waals surface area contributed by atoms with Crippen LogP contribution < -0.4 is 9.47 Å². The van der Waals surface area contributed by atoms with Crippen molar-refractivity contribution in [3.8, 4) is 11.5 Å². The van der Waals surface area contributed by atoms with Crippen LogP contribution in [0.5, 0.6) is 11.5 Å². The van der Waals surface area contributed by atoms with Gasteiger partial charge in [-0.3, -0.25) is 0 Å². The lowest BCUT2D eigenvalue weighted by molar-refractivity contribution is 0.0500. The van der Waals surface area contributed by atoms with E-state index in [9.17, 15) is 9.59 Å². The molecule has 3 aromatic rings. The van der Waals surface area contributed by atoms with Gasteiger partial charge in [0.2, 0.25) is 0 Å². The van der Waals surface area contributed by atoms with Crippen LogP contribution in [0.25, 0.3) is 0 Å². The van der Waals surface area contributed by atoms with E-state index in [1.807, 2.05) is 24.3 Å². The van der Waals surface area contributed by atoms with Gasteiger partial charge in [0, 0.05) is 4.47 Å². The van der Waals surface area contributed by atoms with Crippen molar-refractivity contribution in [2.24, 2.45) is 0 Å². The second-order valence-corrected chi connectivity index (χ2v) is 8.40. The summed E-state index contributed by atoms with van der Waals surface area (Å²) in [5.74, 6) is -0.119. The Morgan fingerprint density at radius 3 is 2.33 bits per heavy atom. The molecule has 0 aromatic heterocycles. The maximum atomic E-state index is 12.7. The van der Waals surface area contributed by atoms with Crippen LogP contribution in [0, 0.1) is 0 Å². The van der Waals surface area contributed by atoms with Gasteiger partial charge in [0.15, 0.2) is 0 Å². The Morgan fingerprint density at radius 1 is 0.848 bits per heavy atom. The van der Waals surface area contributed by atoms with Crippen LogP contribution in [0.4, 0.5) is 0 Å². The SMILES string of the molecule is CCCCOc1ccc(Br)cc1C(=O)Oc1ccc(C(=O)OCCCc2ccccc2)cc1. The molecule has 0 bridgehead atoms. The fourth-order valence-corrected chi connectivity index (χ4v) is 3.47. The van der Waals surface area contributed by atoms with Gasteiger partial charge < -0.3 is 14.2 Å². The highest BCUT2D eigenvalue weighted by molar-refractivity contribution is 9.10. The highest BCUT2D eigenvalue weighted by Gasteiger charge is 2.16. The normalized spacial score (nSPS) is 10.5. The van der Waals surface area contributed by atoms with Gasteiger partial charge in [-0.25, -0.2) is 9.59 Å². The molecule has 0 aliphatic carbocycles. The summed E-state index contributed by atoms with van der Waals surface area (Å²) in [5.41, 5.74) is 1.95. The van der Waals surface area contributed by atoms with Crippen LogP contribution in [-0.4, -0.2) is 25.2 Å². The maximum Gasteiger partial charge on any atom is 0.347 e. The number of carbonyl (C=O) groups excluding carboxylic acids is 2. The van der Waals surface area contributed by atoms with Crippen LogP contribution >= 0.6 is 15.9 Å². The third-order valence-electron chi connectivity index (χ3n) is 4.90. The van der Waals surface area contributed by atoms with E-state index in [2.05, 4.69) is 35.0 Å². The molecule has 0 saturated carbocycles. The topological polar surface area (TPSA) is 61.8 Å². The number of halogens is 1. The zero-order valence-electron chi connectivity index (χ0n) is 18.6. The minimum absolute atomic E-state index is 0.333. The summed E-state index contributed by atoms with van der Waals surface area (Å²) >= 11 is 3.38. The van der Waals surface area contributed by atoms with Crippen molar-refractivity contribution >= 4 is 27.9 Å². The zero-order valence-corrected chi connectivity index (χ0v) is 20.2. The molecule has 0 saturated heterocycles. The number of esters is 2. The maximum absolute atomic E-state index is 12.7. The summed E-state index contributed by atoms with van der Waals surface area (Å²) in [4.78, 5) is 25.0. The van der Waals surface area contributed by atoms with Gasteiger partial charge in [0.1, 0.15) is 17.1 Å². The Morgan fingerprint density at radius 2 is 1.61 bits per heavy atom. The number of hydrogen-bond donors (Lipinski definition) is 0. The van der Waals surface area contributed by atoms with E-state index >= 15 is 0 Å². The second kappa shape index (κ2) is 12.8. The van der Waals surface area contributed by atoms with Crippen molar-refractivity contribution < 1.29 is 23.8 Å². The molecule has 0 heterocycles. The second-order valence-electron chi connectivity index (χ2n) is 7.48. The Hall–Kier alpha value is -3.12. The molecule has 3 rings (SSSR count). The number of rotatable bonds is 11. The van der Waals surface area contributed by atoms with E-state index in [0.717, 1.165) is 30.2 Å². The first-order valence-electron chi connectivity index (χ1n) is 11.0. The third kappa shape index (κ3) is 7.75. The molecule has 33 heavy (non-hydrogen) atoms. The quantitative estimate of drug-likeness (QED) is 0.164. The van der Waals surface area contributed by atoms with Crippen molar-refractivity contribution in [3.05, 3.63) is 94.0 Å². The number of unbranched alkanes of at least 4 members (excludes halogenated alkanes) is 1. The molecule has 0 atom stereocenters. The zero-order chi connectivity index (χ0) is 23.5. The van der Waals surface area contributed by atoms with Crippen LogP contribution in [0.15, 0.2) is 77.3 Å². The van der Waals surface area contributed by atoms with Crippen LogP contribution in [0.3, 0.4) is 0 Å². The van der Waals surface area contributed by atoms with E-state index in [4.69, 9.17) is 14.2 Å². The molecular formula is C27H27BrO5.